The Kier molecular flexibility index (Phi) is 9.99. The predicted octanol–water partition coefficient (Wildman–Crippen LogP) is 8.33. The Morgan fingerprint density at radius 3 is 2.28 bits per heavy atom. The molecule has 4 heteroatoms. The molecule has 0 radical (unpaired) electrons. The summed E-state index contributed by atoms with van der Waals surface area (Å²) in [6.07, 6.45) is 16.8. The van der Waals surface area contributed by atoms with Gasteiger partial charge in [-0.15, -0.1) is 0 Å². The van der Waals surface area contributed by atoms with Gasteiger partial charge in [0.05, 0.1) is 5.92 Å². The summed E-state index contributed by atoms with van der Waals surface area (Å²) in [6, 6.07) is 1.42. The van der Waals surface area contributed by atoms with Crippen LogP contribution in [-0.2, 0) is 17.6 Å². The highest BCUT2D eigenvalue weighted by atomic mass is 19.1. The quantitative estimate of drug-likeness (QED) is 0.193. The van der Waals surface area contributed by atoms with Crippen LogP contribution >= 0.6 is 0 Å². The van der Waals surface area contributed by atoms with Crippen LogP contribution in [0, 0.1) is 29.4 Å². The largest absolute Gasteiger partial charge is 0.420 e. The third-order valence-electron chi connectivity index (χ3n) is 7.75. The Morgan fingerprint density at radius 2 is 1.56 bits per heavy atom. The van der Waals surface area contributed by atoms with Gasteiger partial charge in [0.15, 0.2) is 11.6 Å². The molecule has 0 amide bonds. The molecule has 0 aliphatic heterocycles. The van der Waals surface area contributed by atoms with Gasteiger partial charge in [-0.25, -0.2) is 8.78 Å². The molecule has 2 aliphatic rings. The zero-order valence-electron chi connectivity index (χ0n) is 20.2. The van der Waals surface area contributed by atoms with Crippen LogP contribution in [0.1, 0.15) is 115 Å². The lowest BCUT2D eigenvalue weighted by Gasteiger charge is -2.28. The highest BCUT2D eigenvalue weighted by molar-refractivity contribution is 5.75. The van der Waals surface area contributed by atoms with Crippen LogP contribution < -0.4 is 4.74 Å². The Morgan fingerprint density at radius 1 is 0.906 bits per heavy atom. The van der Waals surface area contributed by atoms with E-state index in [1.807, 2.05) is 0 Å². The van der Waals surface area contributed by atoms with Crippen molar-refractivity contribution in [3.05, 3.63) is 28.8 Å². The normalized spacial score (nSPS) is 23.1. The van der Waals surface area contributed by atoms with Crippen molar-refractivity contribution in [3.63, 3.8) is 0 Å². The molecule has 1 aromatic carbocycles. The number of fused-ring (bicyclic) bond motifs is 1. The van der Waals surface area contributed by atoms with E-state index in [0.29, 0.717) is 23.8 Å². The lowest BCUT2D eigenvalue weighted by Crippen LogP contribution is -2.27. The van der Waals surface area contributed by atoms with E-state index >= 15 is 4.39 Å². The van der Waals surface area contributed by atoms with Crippen molar-refractivity contribution < 1.29 is 18.3 Å². The van der Waals surface area contributed by atoms with Gasteiger partial charge in [-0.2, -0.15) is 0 Å². The van der Waals surface area contributed by atoms with Crippen molar-refractivity contribution >= 4 is 5.97 Å². The van der Waals surface area contributed by atoms with E-state index in [1.54, 1.807) is 0 Å². The van der Waals surface area contributed by atoms with Crippen LogP contribution in [0.4, 0.5) is 8.78 Å². The maximum Gasteiger partial charge on any atom is 0.314 e. The van der Waals surface area contributed by atoms with Gasteiger partial charge >= 0.3 is 5.97 Å². The summed E-state index contributed by atoms with van der Waals surface area (Å²) in [5.41, 5.74) is 1.32. The zero-order chi connectivity index (χ0) is 22.9. The molecule has 0 aromatic heterocycles. The van der Waals surface area contributed by atoms with Gasteiger partial charge in [-0.05, 0) is 74.0 Å². The molecule has 32 heavy (non-hydrogen) atoms. The molecular weight excluding hydrogens is 406 g/mol. The minimum atomic E-state index is -0.727. The van der Waals surface area contributed by atoms with Gasteiger partial charge in [0, 0.05) is 0 Å². The molecule has 1 aromatic rings. The Bertz CT molecular complexity index is 737. The molecule has 0 spiro atoms. The summed E-state index contributed by atoms with van der Waals surface area (Å²) >= 11 is 0. The number of hydrogen-bond donors (Lipinski definition) is 0. The second-order valence-electron chi connectivity index (χ2n) is 10.2. The van der Waals surface area contributed by atoms with Crippen LogP contribution in [0.15, 0.2) is 6.07 Å². The maximum atomic E-state index is 15.1. The topological polar surface area (TPSA) is 26.3 Å². The third-order valence-corrected chi connectivity index (χ3v) is 7.75. The number of carbonyl (C=O) groups is 1. The van der Waals surface area contributed by atoms with Crippen LogP contribution in [0.3, 0.4) is 0 Å². The van der Waals surface area contributed by atoms with Gasteiger partial charge in [0.25, 0.3) is 0 Å². The number of esters is 1. The molecule has 1 fully saturated rings. The number of benzene rings is 1. The van der Waals surface area contributed by atoms with Crippen molar-refractivity contribution in [1.29, 1.82) is 0 Å². The number of carbonyl (C=O) groups excluding carboxylic acids is 1. The highest BCUT2D eigenvalue weighted by Gasteiger charge is 2.31. The summed E-state index contributed by atoms with van der Waals surface area (Å²) in [4.78, 5) is 12.7. The molecule has 180 valence electrons. The molecule has 1 unspecified atom stereocenters. The molecule has 3 rings (SSSR count). The Hall–Kier alpha value is -1.45. The fourth-order valence-corrected chi connectivity index (χ4v) is 5.66. The molecule has 0 bridgehead atoms. The van der Waals surface area contributed by atoms with Gasteiger partial charge < -0.3 is 4.74 Å². The first kappa shape index (κ1) is 25.2. The molecular formula is C28H42F2O2. The highest BCUT2D eigenvalue weighted by Crippen LogP contribution is 2.37. The Labute approximate surface area is 193 Å². The lowest BCUT2D eigenvalue weighted by atomic mass is 9.79. The minimum Gasteiger partial charge on any atom is -0.420 e. The van der Waals surface area contributed by atoms with Gasteiger partial charge in [0.2, 0.25) is 5.75 Å². The fraction of sp³-hybridized carbons (Fsp3) is 0.750. The standard InChI is InChI=1S/C28H42F2O2/c1-3-5-7-9-11-21-14-17-24-23(18-21)19-25(29)27(26(24)30)32-28(31)22-15-12-20(13-16-22)10-8-6-4-2/h19-22H,3-18H2,1-2H3. The molecule has 0 saturated heterocycles. The average Bonchev–Trinajstić information content (AvgIpc) is 2.80. The zero-order valence-corrected chi connectivity index (χ0v) is 20.2. The number of ether oxygens (including phenoxy) is 1. The van der Waals surface area contributed by atoms with Gasteiger partial charge in [-0.3, -0.25) is 4.79 Å². The van der Waals surface area contributed by atoms with Crippen molar-refractivity contribution in [2.45, 2.75) is 117 Å². The minimum absolute atomic E-state index is 0.236. The maximum absolute atomic E-state index is 15.1. The lowest BCUT2D eigenvalue weighted by molar-refractivity contribution is -0.140. The van der Waals surface area contributed by atoms with Crippen molar-refractivity contribution in [2.24, 2.45) is 17.8 Å². The summed E-state index contributed by atoms with van der Waals surface area (Å²) in [7, 11) is 0. The Balaban J connectivity index is 1.55. The van der Waals surface area contributed by atoms with Gasteiger partial charge in [-0.1, -0.05) is 71.6 Å². The van der Waals surface area contributed by atoms with E-state index in [0.717, 1.165) is 50.5 Å². The van der Waals surface area contributed by atoms with E-state index in [9.17, 15) is 9.18 Å². The number of hydrogen-bond acceptors (Lipinski definition) is 2. The first-order chi connectivity index (χ1) is 15.5. The molecule has 2 aliphatic carbocycles. The molecule has 1 saturated carbocycles. The van der Waals surface area contributed by atoms with Crippen molar-refractivity contribution in [1.82, 2.24) is 0 Å². The summed E-state index contributed by atoms with van der Waals surface area (Å²) in [5, 5.41) is 0. The summed E-state index contributed by atoms with van der Waals surface area (Å²) in [6.45, 7) is 4.41. The first-order valence-electron chi connectivity index (χ1n) is 13.2. The number of halogens is 2. The second kappa shape index (κ2) is 12.7. The summed E-state index contributed by atoms with van der Waals surface area (Å²) in [5.74, 6) is -1.36. The average molecular weight is 449 g/mol. The van der Waals surface area contributed by atoms with Crippen LogP contribution in [-0.4, -0.2) is 5.97 Å². The van der Waals surface area contributed by atoms with Crippen LogP contribution in [0.2, 0.25) is 0 Å². The fourth-order valence-electron chi connectivity index (χ4n) is 5.66. The molecule has 0 heterocycles. The van der Waals surface area contributed by atoms with Crippen LogP contribution in [0.5, 0.6) is 5.75 Å². The van der Waals surface area contributed by atoms with Crippen LogP contribution in [0.25, 0.3) is 0 Å². The van der Waals surface area contributed by atoms with Gasteiger partial charge in [0.1, 0.15) is 0 Å². The summed E-state index contributed by atoms with van der Waals surface area (Å²) < 4.78 is 35.2. The predicted molar refractivity (Wildman–Crippen MR) is 126 cm³/mol. The number of rotatable bonds is 11. The third kappa shape index (κ3) is 6.78. The molecule has 1 atom stereocenters. The van der Waals surface area contributed by atoms with Crippen molar-refractivity contribution in [3.8, 4) is 5.75 Å². The van der Waals surface area contributed by atoms with E-state index < -0.39 is 23.4 Å². The second-order valence-corrected chi connectivity index (χ2v) is 10.2. The monoisotopic (exact) mass is 448 g/mol. The first-order valence-corrected chi connectivity index (χ1v) is 13.2. The van der Waals surface area contributed by atoms with E-state index in [2.05, 4.69) is 13.8 Å². The SMILES string of the molecule is CCCCCCC1CCc2c(cc(F)c(OC(=O)C3CCC(CCCCC)CC3)c2F)C1. The van der Waals surface area contributed by atoms with Crippen molar-refractivity contribution in [2.75, 3.05) is 0 Å². The molecule has 0 N–H and O–H groups in total. The smallest absolute Gasteiger partial charge is 0.314 e. The van der Waals surface area contributed by atoms with E-state index in [4.69, 9.17) is 4.74 Å². The van der Waals surface area contributed by atoms with E-state index in [1.165, 1.54) is 57.4 Å². The molecule has 2 nitrogen and oxygen atoms in total. The number of unbranched alkanes of at least 4 members (excludes halogenated alkanes) is 5. The van der Waals surface area contributed by atoms with E-state index in [-0.39, 0.29) is 5.92 Å².